The number of amides is 1. The van der Waals surface area contributed by atoms with Crippen molar-refractivity contribution in [2.75, 3.05) is 38.7 Å². The molecular formula is C21H24ClN3O2S. The largest absolute Gasteiger partial charge is 0.493 e. The summed E-state index contributed by atoms with van der Waals surface area (Å²) in [5.74, 6) is 0.781. The third-order valence-corrected chi connectivity index (χ3v) is 5.46. The molecule has 0 saturated heterocycles. The quantitative estimate of drug-likeness (QED) is 0.506. The fourth-order valence-corrected chi connectivity index (χ4v) is 4.07. The Morgan fingerprint density at radius 2 is 1.93 bits per heavy atom. The van der Waals surface area contributed by atoms with Gasteiger partial charge in [0.1, 0.15) is 5.75 Å². The molecule has 0 saturated carbocycles. The fraction of sp³-hybridized carbons (Fsp3) is 0.333. The van der Waals surface area contributed by atoms with E-state index in [1.807, 2.05) is 62.6 Å². The molecule has 0 bridgehead atoms. The van der Waals surface area contributed by atoms with Crippen LogP contribution in [0.1, 0.15) is 12.8 Å². The standard InChI is InChI=1S/C21H24ClN3O2S/c1-24(2)12-6-13-25(20(26)11-14-27-17-7-4-3-5-8-17)21-23-18-10-9-16(22)15-19(18)28-21/h3-5,7-10,15H,6,11-14H2,1-2H3. The number of halogens is 1. The summed E-state index contributed by atoms with van der Waals surface area (Å²) < 4.78 is 6.67. The monoisotopic (exact) mass is 417 g/mol. The van der Waals surface area contributed by atoms with E-state index in [4.69, 9.17) is 16.3 Å². The lowest BCUT2D eigenvalue weighted by molar-refractivity contribution is -0.119. The van der Waals surface area contributed by atoms with Gasteiger partial charge in [-0.15, -0.1) is 0 Å². The minimum Gasteiger partial charge on any atom is -0.493 e. The highest BCUT2D eigenvalue weighted by molar-refractivity contribution is 7.22. The molecule has 5 nitrogen and oxygen atoms in total. The van der Waals surface area contributed by atoms with Crippen molar-refractivity contribution < 1.29 is 9.53 Å². The topological polar surface area (TPSA) is 45.7 Å². The molecule has 148 valence electrons. The average Bonchev–Trinajstić information content (AvgIpc) is 3.08. The number of anilines is 1. The van der Waals surface area contributed by atoms with Crippen LogP contribution in [0.5, 0.6) is 5.75 Å². The second kappa shape index (κ2) is 9.87. The minimum atomic E-state index is 0.0137. The Bertz CT molecular complexity index is 914. The second-order valence-electron chi connectivity index (χ2n) is 6.72. The van der Waals surface area contributed by atoms with E-state index in [2.05, 4.69) is 9.88 Å². The molecule has 0 aliphatic rings. The minimum absolute atomic E-state index is 0.0137. The van der Waals surface area contributed by atoms with Crippen molar-refractivity contribution in [2.45, 2.75) is 12.8 Å². The lowest BCUT2D eigenvalue weighted by Crippen LogP contribution is -2.34. The van der Waals surface area contributed by atoms with Gasteiger partial charge < -0.3 is 9.64 Å². The molecule has 0 radical (unpaired) electrons. The zero-order valence-corrected chi connectivity index (χ0v) is 17.7. The number of fused-ring (bicyclic) bond motifs is 1. The smallest absolute Gasteiger partial charge is 0.232 e. The summed E-state index contributed by atoms with van der Waals surface area (Å²) in [7, 11) is 4.05. The van der Waals surface area contributed by atoms with Crippen LogP contribution in [0.2, 0.25) is 5.02 Å². The number of carbonyl (C=O) groups excluding carboxylic acids is 1. The number of benzene rings is 2. The number of hydrogen-bond donors (Lipinski definition) is 0. The predicted octanol–water partition coefficient (Wildman–Crippen LogP) is 4.70. The SMILES string of the molecule is CN(C)CCCN(C(=O)CCOc1ccccc1)c1nc2ccc(Cl)cc2s1. The van der Waals surface area contributed by atoms with Gasteiger partial charge in [0.05, 0.1) is 23.2 Å². The van der Waals surface area contributed by atoms with Gasteiger partial charge in [-0.1, -0.05) is 41.1 Å². The highest BCUT2D eigenvalue weighted by Crippen LogP contribution is 2.31. The van der Waals surface area contributed by atoms with Crippen molar-refractivity contribution >= 4 is 44.2 Å². The first-order chi connectivity index (χ1) is 13.5. The Balaban J connectivity index is 1.70. The van der Waals surface area contributed by atoms with Gasteiger partial charge in [-0.25, -0.2) is 4.98 Å². The van der Waals surface area contributed by atoms with E-state index in [0.29, 0.717) is 29.7 Å². The summed E-state index contributed by atoms with van der Waals surface area (Å²) in [5.41, 5.74) is 0.857. The Morgan fingerprint density at radius 3 is 2.68 bits per heavy atom. The molecule has 7 heteroatoms. The molecule has 0 atom stereocenters. The summed E-state index contributed by atoms with van der Waals surface area (Å²) >= 11 is 7.58. The lowest BCUT2D eigenvalue weighted by atomic mass is 10.3. The molecule has 1 amide bonds. The first-order valence-electron chi connectivity index (χ1n) is 9.22. The zero-order chi connectivity index (χ0) is 19.9. The van der Waals surface area contributed by atoms with E-state index in [0.717, 1.165) is 28.9 Å². The van der Waals surface area contributed by atoms with Crippen LogP contribution < -0.4 is 9.64 Å². The van der Waals surface area contributed by atoms with Crippen LogP contribution >= 0.6 is 22.9 Å². The van der Waals surface area contributed by atoms with Crippen LogP contribution in [-0.4, -0.2) is 49.6 Å². The van der Waals surface area contributed by atoms with Crippen molar-refractivity contribution in [1.82, 2.24) is 9.88 Å². The Kier molecular flexibility index (Phi) is 7.25. The van der Waals surface area contributed by atoms with Crippen molar-refractivity contribution in [3.63, 3.8) is 0 Å². The first kappa shape index (κ1) is 20.6. The molecule has 0 spiro atoms. The van der Waals surface area contributed by atoms with Crippen LogP contribution in [0.25, 0.3) is 10.2 Å². The van der Waals surface area contributed by atoms with E-state index in [1.54, 1.807) is 4.90 Å². The number of rotatable bonds is 9. The molecular weight excluding hydrogens is 394 g/mol. The first-order valence-corrected chi connectivity index (χ1v) is 10.4. The van der Waals surface area contributed by atoms with E-state index in [-0.39, 0.29) is 5.91 Å². The zero-order valence-electron chi connectivity index (χ0n) is 16.1. The van der Waals surface area contributed by atoms with E-state index >= 15 is 0 Å². The molecule has 0 aliphatic heterocycles. The number of thiazole rings is 1. The summed E-state index contributed by atoms with van der Waals surface area (Å²) in [6.45, 7) is 1.86. The second-order valence-corrected chi connectivity index (χ2v) is 8.17. The number of para-hydroxylation sites is 1. The van der Waals surface area contributed by atoms with Crippen molar-refractivity contribution in [3.05, 3.63) is 53.6 Å². The Morgan fingerprint density at radius 1 is 1.14 bits per heavy atom. The normalized spacial score (nSPS) is 11.1. The van der Waals surface area contributed by atoms with Crippen molar-refractivity contribution in [3.8, 4) is 5.75 Å². The van der Waals surface area contributed by atoms with Crippen LogP contribution in [0, 0.1) is 0 Å². The van der Waals surface area contributed by atoms with Gasteiger partial charge in [0.2, 0.25) is 5.91 Å². The third kappa shape index (κ3) is 5.67. The maximum atomic E-state index is 12.9. The fourth-order valence-electron chi connectivity index (χ4n) is 2.78. The number of carbonyl (C=O) groups is 1. The van der Waals surface area contributed by atoms with E-state index < -0.39 is 0 Å². The summed E-state index contributed by atoms with van der Waals surface area (Å²) in [6.07, 6.45) is 1.17. The van der Waals surface area contributed by atoms with Crippen LogP contribution in [0.4, 0.5) is 5.13 Å². The Labute approximate surface area is 174 Å². The van der Waals surface area contributed by atoms with Gasteiger partial charge in [0, 0.05) is 11.6 Å². The number of aromatic nitrogens is 1. The van der Waals surface area contributed by atoms with Crippen LogP contribution in [-0.2, 0) is 4.79 Å². The number of hydrogen-bond acceptors (Lipinski definition) is 5. The summed E-state index contributed by atoms with van der Waals surface area (Å²) in [4.78, 5) is 21.5. The van der Waals surface area contributed by atoms with Gasteiger partial charge in [0.25, 0.3) is 0 Å². The predicted molar refractivity (Wildman–Crippen MR) is 117 cm³/mol. The molecule has 0 N–H and O–H groups in total. The van der Waals surface area contributed by atoms with Crippen molar-refractivity contribution in [2.24, 2.45) is 0 Å². The molecule has 3 rings (SSSR count). The van der Waals surface area contributed by atoms with Gasteiger partial charge in [-0.05, 0) is 57.4 Å². The maximum absolute atomic E-state index is 12.9. The van der Waals surface area contributed by atoms with Gasteiger partial charge in [-0.2, -0.15) is 0 Å². The highest BCUT2D eigenvalue weighted by atomic mass is 35.5. The van der Waals surface area contributed by atoms with Gasteiger partial charge >= 0.3 is 0 Å². The molecule has 3 aromatic rings. The average molecular weight is 418 g/mol. The Hall–Kier alpha value is -2.15. The maximum Gasteiger partial charge on any atom is 0.232 e. The molecule has 1 aromatic heterocycles. The number of nitrogens with zero attached hydrogens (tertiary/aromatic N) is 3. The highest BCUT2D eigenvalue weighted by Gasteiger charge is 2.19. The van der Waals surface area contributed by atoms with E-state index in [9.17, 15) is 4.79 Å². The molecule has 0 unspecified atom stereocenters. The number of ether oxygens (including phenoxy) is 1. The molecule has 0 aliphatic carbocycles. The van der Waals surface area contributed by atoms with Gasteiger partial charge in [-0.3, -0.25) is 9.69 Å². The van der Waals surface area contributed by atoms with Gasteiger partial charge in [0.15, 0.2) is 5.13 Å². The van der Waals surface area contributed by atoms with Crippen LogP contribution in [0.3, 0.4) is 0 Å². The summed E-state index contributed by atoms with van der Waals surface area (Å²) in [6, 6.07) is 15.1. The van der Waals surface area contributed by atoms with Crippen molar-refractivity contribution in [1.29, 1.82) is 0 Å². The summed E-state index contributed by atoms with van der Waals surface area (Å²) in [5, 5.41) is 1.38. The molecule has 28 heavy (non-hydrogen) atoms. The molecule has 0 fully saturated rings. The molecule has 2 aromatic carbocycles. The third-order valence-electron chi connectivity index (χ3n) is 4.19. The van der Waals surface area contributed by atoms with Crippen LogP contribution in [0.15, 0.2) is 48.5 Å². The molecule has 1 heterocycles. The van der Waals surface area contributed by atoms with E-state index in [1.165, 1.54) is 11.3 Å². The lowest BCUT2D eigenvalue weighted by Gasteiger charge is -2.21.